The molecule has 0 amide bonds. The van der Waals surface area contributed by atoms with Crippen LogP contribution in [0.2, 0.25) is 0 Å². The second-order valence-corrected chi connectivity index (χ2v) is 4.53. The van der Waals surface area contributed by atoms with Crippen LogP contribution in [0.3, 0.4) is 0 Å². The average molecular weight is 235 g/mol. The van der Waals surface area contributed by atoms with Crippen LogP contribution in [0.15, 0.2) is 24.3 Å². The highest BCUT2D eigenvalue weighted by molar-refractivity contribution is 5.91. The highest BCUT2D eigenvalue weighted by atomic mass is 16.6. The zero-order chi connectivity index (χ0) is 12.9. The van der Waals surface area contributed by atoms with Crippen LogP contribution in [0.4, 0.5) is 0 Å². The van der Waals surface area contributed by atoms with Crippen LogP contribution in [0.1, 0.15) is 36.7 Å². The molecule has 0 saturated heterocycles. The highest BCUT2D eigenvalue weighted by Gasteiger charge is 2.19. The van der Waals surface area contributed by atoms with Crippen molar-refractivity contribution >= 4 is 12.4 Å². The van der Waals surface area contributed by atoms with E-state index in [9.17, 15) is 9.59 Å². The summed E-state index contributed by atoms with van der Waals surface area (Å²) in [6.07, 6.45) is 0. The standard InChI is InChI=1S/C13H15O4/c1-13(2,3)17-12(15)11-7-5-4-6-10(11)8-16-9-14/h4-7H,8H2,1-3H3. The summed E-state index contributed by atoms with van der Waals surface area (Å²) in [4.78, 5) is 21.9. The van der Waals surface area contributed by atoms with Crippen LogP contribution in [0.25, 0.3) is 0 Å². The lowest BCUT2D eigenvalue weighted by Crippen LogP contribution is -2.24. The number of ether oxygens (including phenoxy) is 2. The monoisotopic (exact) mass is 235 g/mol. The van der Waals surface area contributed by atoms with Crippen molar-refractivity contribution in [3.8, 4) is 0 Å². The van der Waals surface area contributed by atoms with E-state index in [1.165, 1.54) is 6.47 Å². The Bertz CT molecular complexity index is 404. The zero-order valence-electron chi connectivity index (χ0n) is 10.1. The first-order valence-corrected chi connectivity index (χ1v) is 5.24. The van der Waals surface area contributed by atoms with Crippen molar-refractivity contribution < 1.29 is 19.1 Å². The Morgan fingerprint density at radius 2 is 1.94 bits per heavy atom. The van der Waals surface area contributed by atoms with E-state index >= 15 is 0 Å². The van der Waals surface area contributed by atoms with Crippen molar-refractivity contribution in [2.45, 2.75) is 33.0 Å². The lowest BCUT2D eigenvalue weighted by Gasteiger charge is -2.20. The Hall–Kier alpha value is -1.84. The van der Waals surface area contributed by atoms with Gasteiger partial charge in [0.25, 0.3) is 0 Å². The van der Waals surface area contributed by atoms with E-state index in [0.29, 0.717) is 11.1 Å². The van der Waals surface area contributed by atoms with Gasteiger partial charge in [-0.25, -0.2) is 9.59 Å². The smallest absolute Gasteiger partial charge is 0.417 e. The normalized spacial score (nSPS) is 10.8. The van der Waals surface area contributed by atoms with E-state index in [1.54, 1.807) is 45.0 Å². The summed E-state index contributed by atoms with van der Waals surface area (Å²) in [6, 6.07) is 6.83. The van der Waals surface area contributed by atoms with Crippen molar-refractivity contribution in [1.82, 2.24) is 0 Å². The first-order chi connectivity index (χ1) is 7.94. The van der Waals surface area contributed by atoms with Gasteiger partial charge in [-0.2, -0.15) is 0 Å². The summed E-state index contributed by atoms with van der Waals surface area (Å²) in [5, 5.41) is 0. The molecule has 0 aliphatic heterocycles. The predicted molar refractivity (Wildman–Crippen MR) is 62.1 cm³/mol. The van der Waals surface area contributed by atoms with Gasteiger partial charge in [0.15, 0.2) is 0 Å². The minimum absolute atomic E-state index is 0.0128. The molecule has 0 bridgehead atoms. The molecule has 0 saturated carbocycles. The lowest BCUT2D eigenvalue weighted by molar-refractivity contribution is 0.00667. The molecule has 4 heteroatoms. The van der Waals surface area contributed by atoms with Crippen LogP contribution in [-0.2, 0) is 20.9 Å². The number of carbonyl (C=O) groups excluding carboxylic acids is 2. The molecule has 91 valence electrons. The lowest BCUT2D eigenvalue weighted by atomic mass is 10.1. The van der Waals surface area contributed by atoms with Gasteiger partial charge in [-0.15, -0.1) is 0 Å². The molecule has 1 aromatic carbocycles. The number of carbonyl (C=O) groups is 1. The topological polar surface area (TPSA) is 52.6 Å². The number of hydrogen-bond donors (Lipinski definition) is 0. The Morgan fingerprint density at radius 1 is 1.29 bits per heavy atom. The minimum Gasteiger partial charge on any atom is -0.456 e. The molecule has 0 N–H and O–H groups in total. The summed E-state index contributed by atoms with van der Waals surface area (Å²) in [5.41, 5.74) is 0.449. The Kier molecular flexibility index (Phi) is 4.26. The predicted octanol–water partition coefficient (Wildman–Crippen LogP) is 2.23. The summed E-state index contributed by atoms with van der Waals surface area (Å²) in [7, 11) is 0. The molecule has 1 aromatic rings. The van der Waals surface area contributed by atoms with Crippen molar-refractivity contribution in [3.63, 3.8) is 0 Å². The SMILES string of the molecule is CC(C)(C)OC(=O)c1ccccc1CO[C]=O. The zero-order valence-corrected chi connectivity index (χ0v) is 10.1. The molecule has 0 fully saturated rings. The molecule has 4 nitrogen and oxygen atoms in total. The highest BCUT2D eigenvalue weighted by Crippen LogP contribution is 2.16. The van der Waals surface area contributed by atoms with Crippen molar-refractivity contribution in [2.75, 3.05) is 0 Å². The molecular weight excluding hydrogens is 220 g/mol. The van der Waals surface area contributed by atoms with E-state index in [1.807, 2.05) is 0 Å². The van der Waals surface area contributed by atoms with E-state index in [2.05, 4.69) is 4.74 Å². The fourth-order valence-electron chi connectivity index (χ4n) is 1.29. The molecular formula is C13H15O4. The largest absolute Gasteiger partial charge is 0.456 e. The molecule has 0 spiro atoms. The van der Waals surface area contributed by atoms with Gasteiger partial charge < -0.3 is 9.47 Å². The van der Waals surface area contributed by atoms with E-state index in [4.69, 9.17) is 4.74 Å². The molecule has 17 heavy (non-hydrogen) atoms. The van der Waals surface area contributed by atoms with Crippen LogP contribution in [0.5, 0.6) is 0 Å². The summed E-state index contributed by atoms with van der Waals surface area (Å²) in [6.45, 7) is 6.73. The maximum atomic E-state index is 11.9. The molecule has 0 aliphatic rings. The molecule has 0 aromatic heterocycles. The van der Waals surface area contributed by atoms with Crippen LogP contribution in [0, 0.1) is 0 Å². The van der Waals surface area contributed by atoms with Crippen LogP contribution < -0.4 is 0 Å². The Morgan fingerprint density at radius 3 is 2.53 bits per heavy atom. The van der Waals surface area contributed by atoms with Gasteiger partial charge in [0.2, 0.25) is 0 Å². The van der Waals surface area contributed by atoms with Crippen molar-refractivity contribution in [1.29, 1.82) is 0 Å². The molecule has 1 radical (unpaired) electrons. The van der Waals surface area contributed by atoms with E-state index in [-0.39, 0.29) is 6.61 Å². The van der Waals surface area contributed by atoms with Gasteiger partial charge in [-0.05, 0) is 26.8 Å². The van der Waals surface area contributed by atoms with E-state index in [0.717, 1.165) is 0 Å². The van der Waals surface area contributed by atoms with Gasteiger partial charge in [0, 0.05) is 5.56 Å². The third-order valence-electron chi connectivity index (χ3n) is 1.92. The fraction of sp³-hybridized carbons (Fsp3) is 0.385. The number of benzene rings is 1. The van der Waals surface area contributed by atoms with Crippen molar-refractivity contribution in [2.24, 2.45) is 0 Å². The summed E-state index contributed by atoms with van der Waals surface area (Å²) >= 11 is 0. The minimum atomic E-state index is -0.554. The first-order valence-electron chi connectivity index (χ1n) is 5.24. The van der Waals surface area contributed by atoms with Gasteiger partial charge in [0.1, 0.15) is 12.2 Å². The first kappa shape index (κ1) is 13.2. The average Bonchev–Trinajstić information content (AvgIpc) is 2.24. The maximum Gasteiger partial charge on any atom is 0.417 e. The van der Waals surface area contributed by atoms with Crippen LogP contribution >= 0.6 is 0 Å². The van der Waals surface area contributed by atoms with Gasteiger partial charge in [-0.1, -0.05) is 18.2 Å². The second-order valence-electron chi connectivity index (χ2n) is 4.53. The molecule has 0 unspecified atom stereocenters. The molecule has 0 aliphatic carbocycles. The Balaban J connectivity index is 2.88. The number of hydrogen-bond acceptors (Lipinski definition) is 4. The molecule has 0 heterocycles. The van der Waals surface area contributed by atoms with Gasteiger partial charge in [-0.3, -0.25) is 0 Å². The molecule has 0 atom stereocenters. The maximum absolute atomic E-state index is 11.9. The second kappa shape index (κ2) is 5.48. The van der Waals surface area contributed by atoms with Gasteiger partial charge >= 0.3 is 12.4 Å². The van der Waals surface area contributed by atoms with Crippen molar-refractivity contribution in [3.05, 3.63) is 35.4 Å². The third kappa shape index (κ3) is 4.26. The van der Waals surface area contributed by atoms with Gasteiger partial charge in [0.05, 0.1) is 5.56 Å². The molecule has 1 rings (SSSR count). The Labute approximate surface area is 101 Å². The quantitative estimate of drug-likeness (QED) is 0.751. The number of rotatable bonds is 4. The fourth-order valence-corrected chi connectivity index (χ4v) is 1.29. The third-order valence-corrected chi connectivity index (χ3v) is 1.92. The van der Waals surface area contributed by atoms with E-state index < -0.39 is 11.6 Å². The summed E-state index contributed by atoms with van der Waals surface area (Å²) in [5.74, 6) is -0.428. The summed E-state index contributed by atoms with van der Waals surface area (Å²) < 4.78 is 9.78. The number of esters is 1. The van der Waals surface area contributed by atoms with Crippen LogP contribution in [-0.4, -0.2) is 18.0 Å².